The molecule has 154 valence electrons. The fourth-order valence-corrected chi connectivity index (χ4v) is 6.28. The molecule has 6 nitrogen and oxygen atoms in total. The van der Waals surface area contributed by atoms with E-state index in [1.807, 2.05) is 4.90 Å². The summed E-state index contributed by atoms with van der Waals surface area (Å²) in [5, 5.41) is 0.833. The van der Waals surface area contributed by atoms with Crippen molar-refractivity contribution in [2.24, 2.45) is 5.92 Å². The highest BCUT2D eigenvalue weighted by Gasteiger charge is 2.27. The lowest BCUT2D eigenvalue weighted by Gasteiger charge is -2.32. The zero-order valence-electron chi connectivity index (χ0n) is 16.8. The highest BCUT2D eigenvalue weighted by molar-refractivity contribution is 7.18. The summed E-state index contributed by atoms with van der Waals surface area (Å²) < 4.78 is 0. The number of aromatic nitrogens is 2. The van der Waals surface area contributed by atoms with Crippen LogP contribution in [-0.2, 0) is 24.2 Å². The number of carbonyl (C=O) groups excluding carboxylic acids is 1. The minimum atomic E-state index is 0.0298. The predicted molar refractivity (Wildman–Crippen MR) is 114 cm³/mol. The van der Waals surface area contributed by atoms with E-state index in [0.717, 1.165) is 74.4 Å². The van der Waals surface area contributed by atoms with Crippen molar-refractivity contribution in [1.29, 1.82) is 0 Å². The third-order valence-corrected chi connectivity index (χ3v) is 7.85. The van der Waals surface area contributed by atoms with Gasteiger partial charge in [-0.15, -0.1) is 11.3 Å². The van der Waals surface area contributed by atoms with Crippen LogP contribution in [0.5, 0.6) is 0 Å². The molecule has 0 radical (unpaired) electrons. The Balaban J connectivity index is 1.22. The second kappa shape index (κ2) is 8.03. The van der Waals surface area contributed by atoms with Crippen molar-refractivity contribution in [1.82, 2.24) is 14.9 Å². The van der Waals surface area contributed by atoms with Gasteiger partial charge in [0.05, 0.1) is 31.6 Å². The number of quaternary nitrogens is 1. The summed E-state index contributed by atoms with van der Waals surface area (Å²) in [6, 6.07) is 0. The van der Waals surface area contributed by atoms with Crippen molar-refractivity contribution in [3.8, 4) is 0 Å². The smallest absolute Gasteiger partial charge is 0.260 e. The number of carbonyl (C=O) groups is 1. The first kappa shape index (κ1) is 19.0. The number of piperazine rings is 1. The molecule has 1 atom stereocenters. The molecule has 0 unspecified atom stereocenters. The number of H-pyrrole nitrogens is 1. The van der Waals surface area contributed by atoms with Crippen LogP contribution in [0, 0.1) is 5.92 Å². The van der Waals surface area contributed by atoms with Crippen LogP contribution in [0.2, 0.25) is 0 Å². The Morgan fingerprint density at radius 3 is 2.90 bits per heavy atom. The van der Waals surface area contributed by atoms with Crippen molar-refractivity contribution in [2.45, 2.75) is 51.5 Å². The SMILES string of the molecule is O=C(C[C@H]1C=CCC1)N1CC[NH+](Cc2nc3sc4c(c3c(=O)[nH]2)CCCC4)CC1. The molecule has 29 heavy (non-hydrogen) atoms. The Kier molecular flexibility index (Phi) is 5.26. The number of fused-ring (bicyclic) bond motifs is 3. The molecule has 2 aromatic heterocycles. The lowest BCUT2D eigenvalue weighted by Crippen LogP contribution is -3.13. The van der Waals surface area contributed by atoms with E-state index in [1.165, 1.54) is 28.2 Å². The molecule has 0 spiro atoms. The summed E-state index contributed by atoms with van der Waals surface area (Å²) in [5.74, 6) is 1.51. The normalized spacial score (nSPS) is 22.3. The summed E-state index contributed by atoms with van der Waals surface area (Å²) in [6.45, 7) is 4.14. The Bertz CT molecular complexity index is 1000. The summed E-state index contributed by atoms with van der Waals surface area (Å²) in [5.41, 5.74) is 1.27. The molecule has 1 aliphatic heterocycles. The summed E-state index contributed by atoms with van der Waals surface area (Å²) >= 11 is 1.71. The number of aryl methyl sites for hydroxylation is 2. The van der Waals surface area contributed by atoms with Gasteiger partial charge in [-0.3, -0.25) is 9.59 Å². The van der Waals surface area contributed by atoms with Gasteiger partial charge in [0.15, 0.2) is 5.82 Å². The Hall–Kier alpha value is -1.99. The second-order valence-electron chi connectivity index (χ2n) is 8.68. The van der Waals surface area contributed by atoms with E-state index in [2.05, 4.69) is 17.1 Å². The van der Waals surface area contributed by atoms with E-state index in [1.54, 1.807) is 11.3 Å². The number of hydrogen-bond donors (Lipinski definition) is 2. The molecule has 3 heterocycles. The summed E-state index contributed by atoms with van der Waals surface area (Å²) in [7, 11) is 0. The van der Waals surface area contributed by atoms with Crippen LogP contribution in [0.4, 0.5) is 0 Å². The van der Waals surface area contributed by atoms with Gasteiger partial charge in [0, 0.05) is 11.3 Å². The van der Waals surface area contributed by atoms with Gasteiger partial charge in [-0.1, -0.05) is 12.2 Å². The van der Waals surface area contributed by atoms with E-state index in [0.29, 0.717) is 12.3 Å². The quantitative estimate of drug-likeness (QED) is 0.746. The average Bonchev–Trinajstić information content (AvgIpc) is 3.35. The van der Waals surface area contributed by atoms with E-state index < -0.39 is 0 Å². The van der Waals surface area contributed by atoms with Gasteiger partial charge in [0.25, 0.3) is 5.56 Å². The molecule has 7 heteroatoms. The zero-order chi connectivity index (χ0) is 19.8. The van der Waals surface area contributed by atoms with Crippen LogP contribution in [0.1, 0.15) is 48.4 Å². The molecular formula is C22H29N4O2S+. The summed E-state index contributed by atoms with van der Waals surface area (Å²) in [6.07, 6.45) is 11.7. The Morgan fingerprint density at radius 2 is 2.10 bits per heavy atom. The standard InChI is InChI=1S/C22H28N4O2S/c27-19(13-15-5-1-2-6-15)26-11-9-25(10-12-26)14-18-23-21(28)20-16-7-3-4-8-17(16)29-22(20)24-18/h1,5,15H,2-4,6-14H2,(H,23,24,28)/p+1/t15-/m0/s1. The summed E-state index contributed by atoms with van der Waals surface area (Å²) in [4.78, 5) is 38.8. The number of thiophene rings is 1. The molecule has 2 N–H and O–H groups in total. The van der Waals surface area contributed by atoms with E-state index in [-0.39, 0.29) is 11.5 Å². The first-order valence-corrected chi connectivity index (χ1v) is 11.8. The largest absolute Gasteiger partial charge is 0.331 e. The van der Waals surface area contributed by atoms with Crippen molar-refractivity contribution < 1.29 is 9.69 Å². The van der Waals surface area contributed by atoms with Crippen LogP contribution in [-0.4, -0.2) is 47.0 Å². The van der Waals surface area contributed by atoms with Crippen LogP contribution in [0.15, 0.2) is 16.9 Å². The fraction of sp³-hybridized carbons (Fsp3) is 0.591. The monoisotopic (exact) mass is 413 g/mol. The molecule has 3 aliphatic rings. The highest BCUT2D eigenvalue weighted by Crippen LogP contribution is 2.33. The number of allylic oxidation sites excluding steroid dienone is 2. The van der Waals surface area contributed by atoms with Gasteiger partial charge < -0.3 is 14.8 Å². The fourth-order valence-electron chi connectivity index (χ4n) is 5.00. The van der Waals surface area contributed by atoms with Crippen LogP contribution >= 0.6 is 11.3 Å². The van der Waals surface area contributed by atoms with Crippen LogP contribution in [0.25, 0.3) is 10.2 Å². The third-order valence-electron chi connectivity index (χ3n) is 6.66. The van der Waals surface area contributed by atoms with Crippen molar-refractivity contribution in [2.75, 3.05) is 26.2 Å². The molecular weight excluding hydrogens is 384 g/mol. The minimum absolute atomic E-state index is 0.0298. The first-order chi connectivity index (χ1) is 14.2. The van der Waals surface area contributed by atoms with Crippen molar-refractivity contribution in [3.05, 3.63) is 38.8 Å². The van der Waals surface area contributed by atoms with Gasteiger partial charge in [0.1, 0.15) is 11.4 Å². The maximum Gasteiger partial charge on any atom is 0.260 e. The van der Waals surface area contributed by atoms with E-state index in [4.69, 9.17) is 4.98 Å². The van der Waals surface area contributed by atoms with Gasteiger partial charge >= 0.3 is 0 Å². The molecule has 1 saturated heterocycles. The number of aromatic amines is 1. The lowest BCUT2D eigenvalue weighted by atomic mass is 9.97. The molecule has 0 aromatic carbocycles. The lowest BCUT2D eigenvalue weighted by molar-refractivity contribution is -0.918. The van der Waals surface area contributed by atoms with Crippen LogP contribution < -0.4 is 10.5 Å². The Labute approximate surface area is 174 Å². The third kappa shape index (κ3) is 3.90. The predicted octanol–water partition coefficient (Wildman–Crippen LogP) is 1.45. The zero-order valence-corrected chi connectivity index (χ0v) is 17.7. The maximum absolute atomic E-state index is 12.7. The van der Waals surface area contributed by atoms with Gasteiger partial charge in [-0.2, -0.15) is 0 Å². The van der Waals surface area contributed by atoms with Crippen LogP contribution in [0.3, 0.4) is 0 Å². The number of rotatable bonds is 4. The molecule has 0 bridgehead atoms. The number of nitrogens with one attached hydrogen (secondary N) is 2. The molecule has 2 aromatic rings. The Morgan fingerprint density at radius 1 is 1.28 bits per heavy atom. The molecule has 2 aliphatic carbocycles. The number of nitrogens with zero attached hydrogens (tertiary/aromatic N) is 2. The maximum atomic E-state index is 12.7. The van der Waals surface area contributed by atoms with Crippen molar-refractivity contribution in [3.63, 3.8) is 0 Å². The van der Waals surface area contributed by atoms with Gasteiger partial charge in [-0.05, 0) is 50.0 Å². The highest BCUT2D eigenvalue weighted by atomic mass is 32.1. The van der Waals surface area contributed by atoms with E-state index in [9.17, 15) is 9.59 Å². The topological polar surface area (TPSA) is 70.5 Å². The van der Waals surface area contributed by atoms with Crippen molar-refractivity contribution >= 4 is 27.5 Å². The first-order valence-electron chi connectivity index (χ1n) is 11.0. The molecule has 0 saturated carbocycles. The number of hydrogen-bond acceptors (Lipinski definition) is 4. The number of amides is 1. The molecule has 5 rings (SSSR count). The molecule has 1 fully saturated rings. The second-order valence-corrected chi connectivity index (χ2v) is 9.76. The molecule has 1 amide bonds. The van der Waals surface area contributed by atoms with Gasteiger partial charge in [-0.25, -0.2) is 4.98 Å². The van der Waals surface area contributed by atoms with Gasteiger partial charge in [0.2, 0.25) is 5.91 Å². The average molecular weight is 414 g/mol. The van der Waals surface area contributed by atoms with E-state index >= 15 is 0 Å². The minimum Gasteiger partial charge on any atom is -0.331 e.